The lowest BCUT2D eigenvalue weighted by Gasteiger charge is -2.47. The lowest BCUT2D eigenvalue weighted by atomic mass is 9.98. The molecule has 0 saturated carbocycles. The van der Waals surface area contributed by atoms with E-state index in [1.807, 2.05) is 12.1 Å². The molecule has 0 spiro atoms. The van der Waals surface area contributed by atoms with E-state index < -0.39 is 0 Å². The number of nitrogens with zero attached hydrogens (tertiary/aromatic N) is 2. The average molecular weight is 293 g/mol. The van der Waals surface area contributed by atoms with Crippen LogP contribution in [0.1, 0.15) is 38.8 Å². The van der Waals surface area contributed by atoms with Gasteiger partial charge in [-0.2, -0.15) is 5.26 Å². The van der Waals surface area contributed by atoms with Crippen LogP contribution in [0.2, 0.25) is 5.02 Å². The van der Waals surface area contributed by atoms with Crippen LogP contribution in [-0.4, -0.2) is 29.2 Å². The van der Waals surface area contributed by atoms with Gasteiger partial charge in [0.1, 0.15) is 0 Å². The molecule has 2 rings (SSSR count). The number of morpholine rings is 1. The maximum Gasteiger partial charge on any atom is 0.0992 e. The van der Waals surface area contributed by atoms with Crippen molar-refractivity contribution in [3.8, 4) is 6.07 Å². The van der Waals surface area contributed by atoms with E-state index in [2.05, 4.69) is 38.7 Å². The van der Waals surface area contributed by atoms with Crippen LogP contribution in [0.4, 0.5) is 0 Å². The van der Waals surface area contributed by atoms with Crippen molar-refractivity contribution in [2.75, 3.05) is 13.1 Å². The maximum absolute atomic E-state index is 8.88. The molecule has 0 N–H and O–H groups in total. The van der Waals surface area contributed by atoms with E-state index in [1.165, 1.54) is 0 Å². The van der Waals surface area contributed by atoms with E-state index in [0.717, 1.165) is 25.2 Å². The van der Waals surface area contributed by atoms with Crippen LogP contribution in [0.5, 0.6) is 0 Å². The first-order valence-electron chi connectivity index (χ1n) is 6.82. The van der Waals surface area contributed by atoms with Gasteiger partial charge in [-0.1, -0.05) is 17.7 Å². The molecule has 0 unspecified atom stereocenters. The molecule has 0 aliphatic carbocycles. The van der Waals surface area contributed by atoms with Crippen LogP contribution < -0.4 is 0 Å². The van der Waals surface area contributed by atoms with Gasteiger partial charge in [-0.25, -0.2) is 0 Å². The highest BCUT2D eigenvalue weighted by molar-refractivity contribution is 6.31. The van der Waals surface area contributed by atoms with Crippen LogP contribution in [-0.2, 0) is 11.3 Å². The van der Waals surface area contributed by atoms with Crippen LogP contribution in [0, 0.1) is 11.3 Å². The van der Waals surface area contributed by atoms with E-state index >= 15 is 0 Å². The molecule has 1 saturated heterocycles. The first-order chi connectivity index (χ1) is 9.21. The zero-order chi connectivity index (χ0) is 15.0. The SMILES string of the molecule is CC1(C)CN(Cc2ccc(C#N)cc2Cl)CC(C)(C)O1. The molecule has 0 atom stereocenters. The molecule has 1 aliphatic heterocycles. The molecule has 0 aromatic heterocycles. The summed E-state index contributed by atoms with van der Waals surface area (Å²) in [6.45, 7) is 11.0. The second kappa shape index (κ2) is 5.37. The third kappa shape index (κ3) is 3.73. The highest BCUT2D eigenvalue weighted by Crippen LogP contribution is 2.30. The van der Waals surface area contributed by atoms with Crippen LogP contribution in [0.25, 0.3) is 0 Å². The lowest BCUT2D eigenvalue weighted by Crippen LogP contribution is -2.56. The number of nitriles is 1. The summed E-state index contributed by atoms with van der Waals surface area (Å²) in [6.07, 6.45) is 0. The number of rotatable bonds is 2. The first kappa shape index (κ1) is 15.3. The summed E-state index contributed by atoms with van der Waals surface area (Å²) in [6, 6.07) is 7.59. The van der Waals surface area contributed by atoms with E-state index in [4.69, 9.17) is 21.6 Å². The van der Waals surface area contributed by atoms with Crippen LogP contribution >= 0.6 is 11.6 Å². The molecule has 1 aromatic carbocycles. The molecule has 0 radical (unpaired) electrons. The predicted molar refractivity (Wildman–Crippen MR) is 80.7 cm³/mol. The summed E-state index contributed by atoms with van der Waals surface area (Å²) < 4.78 is 6.08. The summed E-state index contributed by atoms with van der Waals surface area (Å²) in [5.41, 5.74) is 1.32. The van der Waals surface area contributed by atoms with E-state index in [0.29, 0.717) is 10.6 Å². The lowest BCUT2D eigenvalue weighted by molar-refractivity contribution is -0.182. The number of benzene rings is 1. The molecule has 108 valence electrons. The minimum Gasteiger partial charge on any atom is -0.367 e. The van der Waals surface area contributed by atoms with Crippen LogP contribution in [0.15, 0.2) is 18.2 Å². The van der Waals surface area contributed by atoms with Crippen molar-refractivity contribution in [1.82, 2.24) is 4.90 Å². The highest BCUT2D eigenvalue weighted by Gasteiger charge is 2.38. The molecule has 4 heteroatoms. The molecule has 3 nitrogen and oxygen atoms in total. The van der Waals surface area contributed by atoms with Crippen molar-refractivity contribution in [1.29, 1.82) is 5.26 Å². The molecule has 0 bridgehead atoms. The zero-order valence-electron chi connectivity index (χ0n) is 12.5. The van der Waals surface area contributed by atoms with Crippen molar-refractivity contribution in [2.24, 2.45) is 0 Å². The molecular formula is C16H21ClN2O. The van der Waals surface area contributed by atoms with Crippen molar-refractivity contribution in [3.63, 3.8) is 0 Å². The van der Waals surface area contributed by atoms with Crippen molar-refractivity contribution in [2.45, 2.75) is 45.4 Å². The van der Waals surface area contributed by atoms with Crippen molar-refractivity contribution < 1.29 is 4.74 Å². The molecule has 20 heavy (non-hydrogen) atoms. The number of halogens is 1. The normalized spacial score (nSPS) is 21.4. The second-order valence-corrected chi connectivity index (χ2v) is 7.09. The van der Waals surface area contributed by atoms with Gasteiger partial charge in [0.15, 0.2) is 0 Å². The summed E-state index contributed by atoms with van der Waals surface area (Å²) in [5, 5.41) is 9.53. The molecule has 1 fully saturated rings. The number of ether oxygens (including phenoxy) is 1. The Morgan fingerprint density at radius 3 is 2.35 bits per heavy atom. The first-order valence-corrected chi connectivity index (χ1v) is 7.20. The highest BCUT2D eigenvalue weighted by atomic mass is 35.5. The molecule has 0 amide bonds. The third-order valence-corrected chi connectivity index (χ3v) is 3.69. The Morgan fingerprint density at radius 2 is 1.85 bits per heavy atom. The largest absolute Gasteiger partial charge is 0.367 e. The Balaban J connectivity index is 2.16. The summed E-state index contributed by atoms with van der Waals surface area (Å²) in [4.78, 5) is 2.36. The second-order valence-electron chi connectivity index (χ2n) is 6.68. The maximum atomic E-state index is 8.88. The third-order valence-electron chi connectivity index (χ3n) is 3.34. The molecule has 1 heterocycles. The topological polar surface area (TPSA) is 36.3 Å². The minimum atomic E-state index is -0.166. The molecule has 1 aromatic rings. The van der Waals surface area contributed by atoms with E-state index in [1.54, 1.807) is 6.07 Å². The van der Waals surface area contributed by atoms with Gasteiger partial charge >= 0.3 is 0 Å². The van der Waals surface area contributed by atoms with Gasteiger partial charge in [0, 0.05) is 24.7 Å². The Bertz CT molecular complexity index is 530. The Kier molecular flexibility index (Phi) is 4.11. The summed E-state index contributed by atoms with van der Waals surface area (Å²) in [5.74, 6) is 0. The van der Waals surface area contributed by atoms with Gasteiger partial charge in [-0.05, 0) is 45.4 Å². The van der Waals surface area contributed by atoms with Crippen molar-refractivity contribution in [3.05, 3.63) is 34.3 Å². The van der Waals surface area contributed by atoms with Gasteiger partial charge in [0.25, 0.3) is 0 Å². The monoisotopic (exact) mass is 292 g/mol. The quantitative estimate of drug-likeness (QED) is 0.835. The molecule has 1 aliphatic rings. The molecular weight excluding hydrogens is 272 g/mol. The van der Waals surface area contributed by atoms with Gasteiger partial charge in [-0.3, -0.25) is 4.90 Å². The summed E-state index contributed by atoms with van der Waals surface area (Å²) in [7, 11) is 0. The van der Waals surface area contributed by atoms with E-state index in [-0.39, 0.29) is 11.2 Å². The zero-order valence-corrected chi connectivity index (χ0v) is 13.3. The fourth-order valence-electron chi connectivity index (χ4n) is 3.04. The van der Waals surface area contributed by atoms with E-state index in [9.17, 15) is 0 Å². The Hall–Kier alpha value is -1.08. The minimum absolute atomic E-state index is 0.166. The fourth-order valence-corrected chi connectivity index (χ4v) is 3.28. The Labute approximate surface area is 126 Å². The van der Waals surface area contributed by atoms with Gasteiger partial charge in [0.2, 0.25) is 0 Å². The van der Waals surface area contributed by atoms with Gasteiger partial charge < -0.3 is 4.74 Å². The fraction of sp³-hybridized carbons (Fsp3) is 0.562. The number of hydrogen-bond acceptors (Lipinski definition) is 3. The smallest absolute Gasteiger partial charge is 0.0992 e. The van der Waals surface area contributed by atoms with Crippen LogP contribution in [0.3, 0.4) is 0 Å². The number of hydrogen-bond donors (Lipinski definition) is 0. The van der Waals surface area contributed by atoms with Gasteiger partial charge in [-0.15, -0.1) is 0 Å². The Morgan fingerprint density at radius 1 is 1.25 bits per heavy atom. The average Bonchev–Trinajstić information content (AvgIpc) is 2.27. The van der Waals surface area contributed by atoms with Crippen molar-refractivity contribution >= 4 is 11.6 Å². The standard InChI is InChI=1S/C16H21ClN2O/c1-15(2)10-19(11-16(3,4)20-15)9-13-6-5-12(8-18)7-14(13)17/h5-7H,9-11H2,1-4H3. The predicted octanol–water partition coefficient (Wildman–Crippen LogP) is 3.60. The van der Waals surface area contributed by atoms with Gasteiger partial charge in [0.05, 0.1) is 22.8 Å². The summed E-state index contributed by atoms with van der Waals surface area (Å²) >= 11 is 6.26.